The molecule has 74 heavy (non-hydrogen) atoms. The topological polar surface area (TPSA) is 262 Å². The predicted molar refractivity (Wildman–Crippen MR) is 275 cm³/mol. The Bertz CT molecular complexity index is 2970. The minimum absolute atomic E-state index is 0.0436. The third-order valence-electron chi connectivity index (χ3n) is 13.4. The lowest BCUT2D eigenvalue weighted by atomic mass is 9.85. The Morgan fingerprint density at radius 2 is 1.61 bits per heavy atom. The van der Waals surface area contributed by atoms with Crippen molar-refractivity contribution >= 4 is 67.6 Å². The summed E-state index contributed by atoms with van der Waals surface area (Å²) in [5, 5.41) is 21.7. The normalized spacial score (nSPS) is 17.5. The van der Waals surface area contributed by atoms with Crippen molar-refractivity contribution in [2.75, 3.05) is 68.5 Å². The Hall–Kier alpha value is -6.92. The second-order valence-electron chi connectivity index (χ2n) is 20.7. The summed E-state index contributed by atoms with van der Waals surface area (Å²) < 4.78 is 62.3. The van der Waals surface area contributed by atoms with Crippen molar-refractivity contribution in [3.8, 4) is 5.75 Å². The highest BCUT2D eigenvalue weighted by Crippen LogP contribution is 2.37. The van der Waals surface area contributed by atoms with Gasteiger partial charge in [-0.1, -0.05) is 26.8 Å². The SMILES string of the molecule is CNC(C)C(=O)NC(C(=O)N1C[C@@H](NC(=O)c2cnc(N3CCN(CCCOc4cc5ncnc(Nc6n[nH]c(C)c6C)c5cc4S(=O)(=O)C(C)(C)C)CC3)nc2)C[C@H]1C(=O)Nc1c(F)cccc1F)C(C)(C)C. The number of aromatic amines is 1. The molecular formula is C50H66F2N14O7S. The number of benzene rings is 2. The van der Waals surface area contributed by atoms with Gasteiger partial charge in [0.2, 0.25) is 23.7 Å². The first-order valence-corrected chi connectivity index (χ1v) is 25.9. The van der Waals surface area contributed by atoms with E-state index in [2.05, 4.69) is 61.6 Å². The van der Waals surface area contributed by atoms with Crippen LogP contribution in [0.15, 0.2) is 53.9 Å². The summed E-state index contributed by atoms with van der Waals surface area (Å²) in [7, 11) is -2.27. The van der Waals surface area contributed by atoms with E-state index in [1.54, 1.807) is 67.6 Å². The van der Waals surface area contributed by atoms with Crippen molar-refractivity contribution in [3.05, 3.63) is 77.5 Å². The molecule has 4 atom stereocenters. The number of nitrogens with one attached hydrogen (secondary N) is 6. The molecule has 3 aromatic heterocycles. The van der Waals surface area contributed by atoms with Crippen LogP contribution in [-0.2, 0) is 24.2 Å². The Labute approximate surface area is 429 Å². The van der Waals surface area contributed by atoms with Gasteiger partial charge in [-0.15, -0.1) is 0 Å². The van der Waals surface area contributed by atoms with E-state index in [1.807, 2.05) is 18.7 Å². The molecule has 2 aromatic carbocycles. The second kappa shape index (κ2) is 22.3. The number of rotatable bonds is 17. The average Bonchev–Trinajstić information content (AvgIpc) is 3.93. The van der Waals surface area contributed by atoms with Gasteiger partial charge in [0.15, 0.2) is 15.7 Å². The number of sulfone groups is 1. The number of carbonyl (C=O) groups excluding carboxylic acids is 4. The zero-order valence-electron chi connectivity index (χ0n) is 43.4. The lowest BCUT2D eigenvalue weighted by molar-refractivity contribution is -0.143. The number of aromatic nitrogens is 6. The van der Waals surface area contributed by atoms with Gasteiger partial charge in [0, 0.05) is 80.4 Å². The van der Waals surface area contributed by atoms with Crippen LogP contribution in [0.25, 0.3) is 10.9 Å². The second-order valence-corrected chi connectivity index (χ2v) is 23.4. The minimum atomic E-state index is -3.87. The molecule has 0 saturated carbocycles. The molecule has 4 amide bonds. The molecule has 0 radical (unpaired) electrons. The number of para-hydroxylation sites is 1. The molecule has 7 rings (SSSR count). The average molecular weight is 1050 g/mol. The highest BCUT2D eigenvalue weighted by atomic mass is 32.2. The number of aryl methyl sites for hydroxylation is 1. The van der Waals surface area contributed by atoms with Gasteiger partial charge in [0.1, 0.15) is 52.2 Å². The molecule has 2 aliphatic rings. The first kappa shape index (κ1) is 54.8. The van der Waals surface area contributed by atoms with Gasteiger partial charge in [-0.2, -0.15) is 5.10 Å². The first-order valence-electron chi connectivity index (χ1n) is 24.5. The first-order chi connectivity index (χ1) is 34.9. The van der Waals surface area contributed by atoms with Crippen LogP contribution in [0.5, 0.6) is 5.75 Å². The molecule has 0 spiro atoms. The van der Waals surface area contributed by atoms with Gasteiger partial charge < -0.3 is 41.1 Å². The number of H-pyrrole nitrogens is 1. The van der Waals surface area contributed by atoms with Crippen LogP contribution in [0.4, 0.5) is 32.1 Å². The fourth-order valence-corrected chi connectivity index (χ4v) is 9.83. The number of halogens is 2. The number of hydrogen-bond donors (Lipinski definition) is 6. The number of anilines is 4. The Balaban J connectivity index is 0.954. The molecule has 0 aliphatic carbocycles. The summed E-state index contributed by atoms with van der Waals surface area (Å²) in [5.41, 5.74) is 0.919. The third kappa shape index (κ3) is 12.2. The van der Waals surface area contributed by atoms with Crippen molar-refractivity contribution in [1.82, 2.24) is 55.9 Å². The van der Waals surface area contributed by atoms with E-state index in [9.17, 15) is 36.4 Å². The van der Waals surface area contributed by atoms with Crippen molar-refractivity contribution in [1.29, 1.82) is 0 Å². The summed E-state index contributed by atoms with van der Waals surface area (Å²) >= 11 is 0. The highest BCUT2D eigenvalue weighted by Gasteiger charge is 2.46. The maximum Gasteiger partial charge on any atom is 0.254 e. The maximum absolute atomic E-state index is 14.7. The number of piperazine rings is 1. The van der Waals surface area contributed by atoms with Crippen LogP contribution in [0.3, 0.4) is 0 Å². The smallest absolute Gasteiger partial charge is 0.254 e. The lowest BCUT2D eigenvalue weighted by Gasteiger charge is -2.36. The number of fused-ring (bicyclic) bond motifs is 1. The number of likely N-dealkylation sites (N-methyl/N-ethyl adjacent to an activating group) is 1. The van der Waals surface area contributed by atoms with Gasteiger partial charge in [-0.3, -0.25) is 29.2 Å². The summed E-state index contributed by atoms with van der Waals surface area (Å²) in [4.78, 5) is 78.1. The van der Waals surface area contributed by atoms with Crippen LogP contribution in [-0.4, -0.2) is 154 Å². The van der Waals surface area contributed by atoms with E-state index in [0.717, 1.165) is 29.5 Å². The van der Waals surface area contributed by atoms with Gasteiger partial charge in [0.25, 0.3) is 5.91 Å². The molecule has 6 N–H and O–H groups in total. The number of ether oxygens (including phenoxy) is 1. The van der Waals surface area contributed by atoms with E-state index in [4.69, 9.17) is 4.74 Å². The van der Waals surface area contributed by atoms with Crippen LogP contribution >= 0.6 is 0 Å². The Morgan fingerprint density at radius 3 is 2.22 bits per heavy atom. The fraction of sp³-hybridized carbons (Fsp3) is 0.500. The standard InChI is InChI=1S/C50H66F2N14O7S/c1-28-29(2)62-63-42(28)61-43-33-22-39(74(71,72)50(7,8)9)38(23-36(33)56-27-57-43)73-20-12-15-64-16-18-65(19-17-64)48-54-24-31(25-55-48)45(68)58-32-21-37(46(69)59-40-34(51)13-11-14-35(40)52)66(26-32)47(70)41(49(4,5)6)60-44(67)30(3)53-10/h11,13-14,22-25,27,30,32,37,41,53H,12,15-21,26H2,1-10H3,(H,58,68)(H,59,69)(H,60,67)(H2,56,57,61,62,63)/t30?,32-,37-,41?/m0/s1. The molecule has 2 fully saturated rings. The van der Waals surface area contributed by atoms with Gasteiger partial charge in [-0.05, 0) is 85.0 Å². The molecule has 2 saturated heterocycles. The molecule has 2 unspecified atom stereocenters. The van der Waals surface area contributed by atoms with Gasteiger partial charge in [0.05, 0.1) is 28.5 Å². The number of amides is 4. The zero-order valence-corrected chi connectivity index (χ0v) is 44.2. The molecule has 5 aromatic rings. The van der Waals surface area contributed by atoms with Crippen molar-refractivity contribution in [3.63, 3.8) is 0 Å². The summed E-state index contributed by atoms with van der Waals surface area (Å²) in [6, 6.07) is 2.55. The van der Waals surface area contributed by atoms with E-state index in [1.165, 1.54) is 23.6 Å². The van der Waals surface area contributed by atoms with Crippen LogP contribution in [0.2, 0.25) is 0 Å². The number of carbonyl (C=O) groups is 4. The molecule has 5 heterocycles. The predicted octanol–water partition coefficient (Wildman–Crippen LogP) is 4.42. The van der Waals surface area contributed by atoms with E-state index in [-0.39, 0.29) is 35.8 Å². The van der Waals surface area contributed by atoms with Crippen molar-refractivity contribution in [2.45, 2.75) is 109 Å². The fourth-order valence-electron chi connectivity index (χ4n) is 8.52. The largest absolute Gasteiger partial charge is 0.492 e. The van der Waals surface area contributed by atoms with Crippen molar-refractivity contribution in [2.24, 2.45) is 5.41 Å². The molecule has 2 aliphatic heterocycles. The van der Waals surface area contributed by atoms with Crippen LogP contribution in [0, 0.1) is 30.9 Å². The Morgan fingerprint density at radius 1 is 0.932 bits per heavy atom. The quantitative estimate of drug-likeness (QED) is 0.0705. The molecule has 0 bridgehead atoms. The molecule has 24 heteroatoms. The number of nitrogens with zero attached hydrogens (tertiary/aromatic N) is 8. The number of likely N-dealkylation sites (tertiary alicyclic amines) is 1. The molecule has 398 valence electrons. The summed E-state index contributed by atoms with van der Waals surface area (Å²) in [6.07, 6.45) is 4.69. The highest BCUT2D eigenvalue weighted by molar-refractivity contribution is 7.92. The molecular weight excluding hydrogens is 979 g/mol. The number of hydrogen-bond acceptors (Lipinski definition) is 16. The lowest BCUT2D eigenvalue weighted by Crippen LogP contribution is -2.59. The van der Waals surface area contributed by atoms with E-state index >= 15 is 0 Å². The molecule has 21 nitrogen and oxygen atoms in total. The van der Waals surface area contributed by atoms with Crippen molar-refractivity contribution < 1.29 is 41.1 Å². The van der Waals surface area contributed by atoms with Gasteiger partial charge >= 0.3 is 0 Å². The third-order valence-corrected chi connectivity index (χ3v) is 15.9. The Kier molecular flexibility index (Phi) is 16.5. The van der Waals surface area contributed by atoms with E-state index < -0.39 is 85.1 Å². The van der Waals surface area contributed by atoms with E-state index in [0.29, 0.717) is 67.6 Å². The zero-order chi connectivity index (χ0) is 53.9. The minimum Gasteiger partial charge on any atom is -0.492 e. The maximum atomic E-state index is 14.7. The summed E-state index contributed by atoms with van der Waals surface area (Å²) in [6.45, 7) is 19.0. The van der Waals surface area contributed by atoms with Gasteiger partial charge in [-0.25, -0.2) is 37.1 Å². The van der Waals surface area contributed by atoms with Crippen LogP contribution < -0.4 is 36.2 Å². The monoisotopic (exact) mass is 1040 g/mol. The summed E-state index contributed by atoms with van der Waals surface area (Å²) in [5.74, 6) is -2.90. The van der Waals surface area contributed by atoms with Crippen LogP contribution in [0.1, 0.15) is 82.9 Å².